The highest BCUT2D eigenvalue weighted by molar-refractivity contribution is 5.51. The third-order valence-electron chi connectivity index (χ3n) is 3.17. The minimum absolute atomic E-state index is 0.766. The van der Waals surface area contributed by atoms with Crippen molar-refractivity contribution in [2.75, 3.05) is 5.32 Å². The van der Waals surface area contributed by atoms with Gasteiger partial charge in [-0.2, -0.15) is 0 Å². The van der Waals surface area contributed by atoms with E-state index >= 15 is 0 Å². The summed E-state index contributed by atoms with van der Waals surface area (Å²) >= 11 is 0. The first-order chi connectivity index (χ1) is 8.72. The van der Waals surface area contributed by atoms with Crippen LogP contribution in [0.3, 0.4) is 0 Å². The van der Waals surface area contributed by atoms with Gasteiger partial charge in [0, 0.05) is 17.8 Å². The first kappa shape index (κ1) is 12.7. The van der Waals surface area contributed by atoms with Crippen molar-refractivity contribution >= 4 is 5.69 Å². The number of para-hydroxylation sites is 1. The molecule has 0 spiro atoms. The van der Waals surface area contributed by atoms with Crippen molar-refractivity contribution in [3.05, 3.63) is 46.8 Å². The Balaban J connectivity index is 2.11. The predicted molar refractivity (Wildman–Crippen MR) is 73.7 cm³/mol. The van der Waals surface area contributed by atoms with E-state index in [4.69, 9.17) is 4.52 Å². The van der Waals surface area contributed by atoms with E-state index < -0.39 is 0 Å². The van der Waals surface area contributed by atoms with Gasteiger partial charge in [-0.3, -0.25) is 0 Å². The molecule has 2 aromatic rings. The van der Waals surface area contributed by atoms with Gasteiger partial charge in [0.15, 0.2) is 0 Å². The van der Waals surface area contributed by atoms with Gasteiger partial charge in [0.05, 0.1) is 5.69 Å². The zero-order valence-corrected chi connectivity index (χ0v) is 11.3. The van der Waals surface area contributed by atoms with Crippen LogP contribution in [0, 0.1) is 13.8 Å². The first-order valence-electron chi connectivity index (χ1n) is 6.46. The molecule has 1 aromatic heterocycles. The monoisotopic (exact) mass is 244 g/mol. The molecule has 3 heteroatoms. The Hall–Kier alpha value is -1.77. The summed E-state index contributed by atoms with van der Waals surface area (Å²) in [7, 11) is 0. The molecule has 18 heavy (non-hydrogen) atoms. The lowest BCUT2D eigenvalue weighted by molar-refractivity contribution is 0.392. The van der Waals surface area contributed by atoms with E-state index in [1.54, 1.807) is 0 Å². The molecule has 0 bridgehead atoms. The van der Waals surface area contributed by atoms with E-state index in [-0.39, 0.29) is 0 Å². The van der Waals surface area contributed by atoms with Crippen LogP contribution in [0.15, 0.2) is 28.8 Å². The molecule has 0 unspecified atom stereocenters. The lowest BCUT2D eigenvalue weighted by atomic mass is 10.1. The maximum Gasteiger partial charge on any atom is 0.138 e. The molecule has 1 N–H and O–H groups in total. The quantitative estimate of drug-likeness (QED) is 0.868. The predicted octanol–water partition coefficient (Wildman–Crippen LogP) is 3.86. The van der Waals surface area contributed by atoms with Gasteiger partial charge in [-0.05, 0) is 31.9 Å². The molecule has 0 aliphatic rings. The van der Waals surface area contributed by atoms with Gasteiger partial charge in [-0.15, -0.1) is 0 Å². The Labute approximate surface area is 108 Å². The van der Waals surface area contributed by atoms with Crippen molar-refractivity contribution in [2.24, 2.45) is 0 Å². The van der Waals surface area contributed by atoms with Gasteiger partial charge in [0.25, 0.3) is 0 Å². The average Bonchev–Trinajstić information content (AvgIpc) is 2.69. The fourth-order valence-electron chi connectivity index (χ4n) is 2.12. The molecule has 0 aliphatic carbocycles. The molecule has 0 amide bonds. The highest BCUT2D eigenvalue weighted by atomic mass is 16.5. The number of hydrogen-bond acceptors (Lipinski definition) is 3. The standard InChI is InChI=1S/C15H20N2O/c1-4-7-13-8-5-6-9-15(13)16-10-14-11(2)17-18-12(14)3/h5-6,8-9,16H,4,7,10H2,1-3H3. The molecule has 0 radical (unpaired) electrons. The second-order valence-corrected chi connectivity index (χ2v) is 4.56. The number of aromatic nitrogens is 1. The molecule has 1 heterocycles. The second kappa shape index (κ2) is 5.71. The van der Waals surface area contributed by atoms with E-state index in [1.807, 2.05) is 13.8 Å². The fourth-order valence-corrected chi connectivity index (χ4v) is 2.12. The molecule has 1 aromatic carbocycles. The van der Waals surface area contributed by atoms with Gasteiger partial charge in [-0.25, -0.2) is 0 Å². The van der Waals surface area contributed by atoms with E-state index in [0.29, 0.717) is 0 Å². The van der Waals surface area contributed by atoms with E-state index in [0.717, 1.165) is 36.4 Å². The Bertz CT molecular complexity index is 497. The number of nitrogens with one attached hydrogen (secondary N) is 1. The highest BCUT2D eigenvalue weighted by Crippen LogP contribution is 2.19. The molecule has 96 valence electrons. The maximum absolute atomic E-state index is 5.17. The number of rotatable bonds is 5. The van der Waals surface area contributed by atoms with Crippen LogP contribution in [0.25, 0.3) is 0 Å². The van der Waals surface area contributed by atoms with Crippen molar-refractivity contribution in [1.82, 2.24) is 5.16 Å². The largest absolute Gasteiger partial charge is 0.381 e. The van der Waals surface area contributed by atoms with Gasteiger partial charge in [0.1, 0.15) is 5.76 Å². The number of anilines is 1. The summed E-state index contributed by atoms with van der Waals surface area (Å²) in [5, 5.41) is 7.45. The Kier molecular flexibility index (Phi) is 4.03. The van der Waals surface area contributed by atoms with Crippen LogP contribution in [0.2, 0.25) is 0 Å². The van der Waals surface area contributed by atoms with Gasteiger partial charge in [0.2, 0.25) is 0 Å². The summed E-state index contributed by atoms with van der Waals surface area (Å²) in [4.78, 5) is 0. The van der Waals surface area contributed by atoms with Crippen molar-refractivity contribution in [2.45, 2.75) is 40.2 Å². The van der Waals surface area contributed by atoms with Crippen LogP contribution < -0.4 is 5.32 Å². The smallest absolute Gasteiger partial charge is 0.138 e. The van der Waals surface area contributed by atoms with Crippen LogP contribution in [-0.4, -0.2) is 5.16 Å². The summed E-state index contributed by atoms with van der Waals surface area (Å²) in [6.45, 7) is 6.90. The van der Waals surface area contributed by atoms with Crippen LogP contribution in [0.5, 0.6) is 0 Å². The zero-order chi connectivity index (χ0) is 13.0. The molecule has 0 aliphatic heterocycles. The zero-order valence-electron chi connectivity index (χ0n) is 11.3. The van der Waals surface area contributed by atoms with E-state index in [1.165, 1.54) is 11.3 Å². The van der Waals surface area contributed by atoms with E-state index in [2.05, 4.69) is 41.7 Å². The maximum atomic E-state index is 5.17. The normalized spacial score (nSPS) is 10.6. The van der Waals surface area contributed by atoms with Gasteiger partial charge in [-0.1, -0.05) is 36.7 Å². The summed E-state index contributed by atoms with van der Waals surface area (Å²) in [5.74, 6) is 0.896. The van der Waals surface area contributed by atoms with Gasteiger partial charge < -0.3 is 9.84 Å². The minimum atomic E-state index is 0.766. The van der Waals surface area contributed by atoms with E-state index in [9.17, 15) is 0 Å². The summed E-state index contributed by atoms with van der Waals surface area (Å²) < 4.78 is 5.17. The van der Waals surface area contributed by atoms with Gasteiger partial charge >= 0.3 is 0 Å². The molecule has 0 saturated heterocycles. The number of hydrogen-bond donors (Lipinski definition) is 1. The molecule has 0 fully saturated rings. The third kappa shape index (κ3) is 2.73. The van der Waals surface area contributed by atoms with Crippen LogP contribution >= 0.6 is 0 Å². The van der Waals surface area contributed by atoms with Crippen molar-refractivity contribution < 1.29 is 4.52 Å². The van der Waals surface area contributed by atoms with Crippen molar-refractivity contribution in [3.8, 4) is 0 Å². The molecule has 2 rings (SSSR count). The number of aryl methyl sites for hydroxylation is 3. The van der Waals surface area contributed by atoms with Crippen LogP contribution in [0.1, 0.15) is 35.9 Å². The third-order valence-corrected chi connectivity index (χ3v) is 3.17. The molecular weight excluding hydrogens is 224 g/mol. The Morgan fingerprint density at radius 2 is 2.00 bits per heavy atom. The second-order valence-electron chi connectivity index (χ2n) is 4.56. The highest BCUT2D eigenvalue weighted by Gasteiger charge is 2.09. The van der Waals surface area contributed by atoms with Crippen molar-refractivity contribution in [1.29, 1.82) is 0 Å². The Morgan fingerprint density at radius 1 is 1.22 bits per heavy atom. The summed E-state index contributed by atoms with van der Waals surface area (Å²) in [5.41, 5.74) is 4.69. The minimum Gasteiger partial charge on any atom is -0.381 e. The van der Waals surface area contributed by atoms with Crippen LogP contribution in [-0.2, 0) is 13.0 Å². The lowest BCUT2D eigenvalue weighted by Crippen LogP contribution is -2.03. The summed E-state index contributed by atoms with van der Waals surface area (Å²) in [6, 6.07) is 8.46. The molecule has 0 atom stereocenters. The average molecular weight is 244 g/mol. The van der Waals surface area contributed by atoms with Crippen molar-refractivity contribution in [3.63, 3.8) is 0 Å². The number of benzene rings is 1. The first-order valence-corrected chi connectivity index (χ1v) is 6.46. The summed E-state index contributed by atoms with van der Waals surface area (Å²) in [6.07, 6.45) is 2.26. The van der Waals surface area contributed by atoms with Crippen LogP contribution in [0.4, 0.5) is 5.69 Å². The molecule has 3 nitrogen and oxygen atoms in total. The topological polar surface area (TPSA) is 38.1 Å². The lowest BCUT2D eigenvalue weighted by Gasteiger charge is -2.11. The number of nitrogens with zero attached hydrogens (tertiary/aromatic N) is 1. The molecular formula is C15H20N2O. The SMILES string of the molecule is CCCc1ccccc1NCc1c(C)noc1C. The molecule has 0 saturated carbocycles. The Morgan fingerprint density at radius 3 is 2.67 bits per heavy atom. The fraction of sp³-hybridized carbons (Fsp3) is 0.400.